The first-order chi connectivity index (χ1) is 7.53. The molecule has 1 unspecified atom stereocenters. The maximum Gasteiger partial charge on any atom is 0.0952 e. The molecule has 0 aliphatic heterocycles. The van der Waals surface area contributed by atoms with E-state index in [0.29, 0.717) is 6.04 Å². The molecule has 0 aromatic carbocycles. The molecule has 1 heterocycles. The molecule has 92 valence electrons. The molecule has 0 fully saturated rings. The lowest BCUT2D eigenvalue weighted by Gasteiger charge is -2.27. The Hall–Kier alpha value is -0.870. The van der Waals surface area contributed by atoms with E-state index < -0.39 is 0 Å². The zero-order chi connectivity index (χ0) is 12.2. The van der Waals surface area contributed by atoms with Crippen LogP contribution in [0.5, 0.6) is 0 Å². The number of rotatable bonds is 6. The van der Waals surface area contributed by atoms with E-state index in [2.05, 4.69) is 35.6 Å². The number of hydrogen-bond donors (Lipinski definition) is 1. The molecule has 4 nitrogen and oxygen atoms in total. The van der Waals surface area contributed by atoms with Gasteiger partial charge in [0.15, 0.2) is 0 Å². The van der Waals surface area contributed by atoms with E-state index in [1.165, 1.54) is 5.69 Å². The Balaban J connectivity index is 2.85. The van der Waals surface area contributed by atoms with Crippen LogP contribution in [0.25, 0.3) is 0 Å². The van der Waals surface area contributed by atoms with Crippen molar-refractivity contribution in [1.29, 1.82) is 0 Å². The Kier molecular flexibility index (Phi) is 4.50. The third-order valence-electron chi connectivity index (χ3n) is 2.97. The zero-order valence-electron chi connectivity index (χ0n) is 10.9. The molecule has 0 saturated carbocycles. The van der Waals surface area contributed by atoms with E-state index in [1.54, 1.807) is 0 Å². The minimum Gasteiger partial charge on any atom is -0.380 e. The van der Waals surface area contributed by atoms with Gasteiger partial charge in [-0.15, -0.1) is 0 Å². The molecule has 4 heteroatoms. The van der Waals surface area contributed by atoms with Crippen molar-refractivity contribution in [3.8, 4) is 0 Å². The van der Waals surface area contributed by atoms with Gasteiger partial charge in [0.1, 0.15) is 0 Å². The van der Waals surface area contributed by atoms with Crippen LogP contribution in [0, 0.1) is 0 Å². The molecular weight excluding hydrogens is 202 g/mol. The Morgan fingerprint density at radius 3 is 2.81 bits per heavy atom. The summed E-state index contributed by atoms with van der Waals surface area (Å²) in [6, 6.07) is 0.310. The highest BCUT2D eigenvalue weighted by molar-refractivity contribution is 5.11. The van der Waals surface area contributed by atoms with Crippen molar-refractivity contribution in [3.05, 3.63) is 18.2 Å². The van der Waals surface area contributed by atoms with Gasteiger partial charge in [-0.05, 0) is 34.7 Å². The average Bonchev–Trinajstić information content (AvgIpc) is 2.75. The van der Waals surface area contributed by atoms with Crippen LogP contribution in [0.3, 0.4) is 0 Å². The summed E-state index contributed by atoms with van der Waals surface area (Å²) in [4.78, 5) is 4.23. The lowest BCUT2D eigenvalue weighted by atomic mass is 10.0. The highest BCUT2D eigenvalue weighted by atomic mass is 16.5. The van der Waals surface area contributed by atoms with Gasteiger partial charge in [0.2, 0.25) is 0 Å². The van der Waals surface area contributed by atoms with Gasteiger partial charge < -0.3 is 14.6 Å². The largest absolute Gasteiger partial charge is 0.380 e. The fourth-order valence-electron chi connectivity index (χ4n) is 1.64. The van der Waals surface area contributed by atoms with Crippen molar-refractivity contribution >= 4 is 0 Å². The summed E-state index contributed by atoms with van der Waals surface area (Å²) in [5.74, 6) is 0. The Labute approximate surface area is 98.0 Å². The summed E-state index contributed by atoms with van der Waals surface area (Å²) in [6.45, 7) is 9.93. The van der Waals surface area contributed by atoms with Crippen LogP contribution in [-0.4, -0.2) is 29.8 Å². The number of nitrogens with zero attached hydrogens (tertiary/aromatic N) is 2. The molecule has 0 radical (unpaired) electrons. The fourth-order valence-corrected chi connectivity index (χ4v) is 1.64. The van der Waals surface area contributed by atoms with Gasteiger partial charge in [0, 0.05) is 6.61 Å². The van der Waals surface area contributed by atoms with Crippen molar-refractivity contribution in [2.24, 2.45) is 0 Å². The van der Waals surface area contributed by atoms with E-state index in [4.69, 9.17) is 4.74 Å². The van der Waals surface area contributed by atoms with Crippen LogP contribution in [0.1, 0.15) is 39.4 Å². The second kappa shape index (κ2) is 5.46. The first kappa shape index (κ1) is 13.2. The normalized spacial score (nSPS) is 14.1. The van der Waals surface area contributed by atoms with E-state index in [1.807, 2.05) is 26.5 Å². The van der Waals surface area contributed by atoms with E-state index in [-0.39, 0.29) is 5.54 Å². The molecule has 1 N–H and O–H groups in total. The number of hydrogen-bond acceptors (Lipinski definition) is 3. The minimum absolute atomic E-state index is 0.0724. The molecule has 1 rings (SSSR count). The first-order valence-corrected chi connectivity index (χ1v) is 5.82. The molecule has 1 aromatic heterocycles. The van der Waals surface area contributed by atoms with Crippen molar-refractivity contribution in [2.45, 2.75) is 39.3 Å². The second-order valence-corrected chi connectivity index (χ2v) is 4.57. The molecule has 1 aromatic rings. The minimum atomic E-state index is -0.0724. The average molecular weight is 225 g/mol. The molecule has 0 aliphatic rings. The Morgan fingerprint density at radius 1 is 1.56 bits per heavy atom. The molecule has 1 atom stereocenters. The summed E-state index contributed by atoms with van der Waals surface area (Å²) in [5, 5.41) is 3.29. The van der Waals surface area contributed by atoms with Crippen molar-refractivity contribution in [2.75, 3.05) is 20.3 Å². The first-order valence-electron chi connectivity index (χ1n) is 5.82. The predicted octanol–water partition coefficient (Wildman–Crippen LogP) is 1.94. The monoisotopic (exact) mass is 225 g/mol. The van der Waals surface area contributed by atoms with Crippen molar-refractivity contribution < 1.29 is 4.74 Å². The summed E-state index contributed by atoms with van der Waals surface area (Å²) >= 11 is 0. The van der Waals surface area contributed by atoms with Crippen molar-refractivity contribution in [1.82, 2.24) is 14.9 Å². The molecule has 0 spiro atoms. The summed E-state index contributed by atoms with van der Waals surface area (Å²) < 4.78 is 7.62. The second-order valence-electron chi connectivity index (χ2n) is 4.57. The SMILES string of the molecule is CCOCC(C)n1cncc1C(C)(C)NC. The van der Waals surface area contributed by atoms with Gasteiger partial charge in [0.05, 0.1) is 36.4 Å². The highest BCUT2D eigenvalue weighted by Crippen LogP contribution is 2.22. The number of imidazole rings is 1. The van der Waals surface area contributed by atoms with Crippen molar-refractivity contribution in [3.63, 3.8) is 0 Å². The molecule has 16 heavy (non-hydrogen) atoms. The topological polar surface area (TPSA) is 39.1 Å². The molecule has 0 bridgehead atoms. The fraction of sp³-hybridized carbons (Fsp3) is 0.750. The van der Waals surface area contributed by atoms with Crippen LogP contribution in [-0.2, 0) is 10.3 Å². The smallest absolute Gasteiger partial charge is 0.0952 e. The molecule has 0 aliphatic carbocycles. The van der Waals surface area contributed by atoms with Crippen LogP contribution in [0.4, 0.5) is 0 Å². The zero-order valence-corrected chi connectivity index (χ0v) is 10.9. The third-order valence-corrected chi connectivity index (χ3v) is 2.97. The summed E-state index contributed by atoms with van der Waals surface area (Å²) in [5.41, 5.74) is 1.11. The maximum absolute atomic E-state index is 5.45. The lowest BCUT2D eigenvalue weighted by molar-refractivity contribution is 0.116. The highest BCUT2D eigenvalue weighted by Gasteiger charge is 2.23. The van der Waals surface area contributed by atoms with Gasteiger partial charge in [-0.2, -0.15) is 0 Å². The van der Waals surface area contributed by atoms with Gasteiger partial charge in [-0.3, -0.25) is 0 Å². The van der Waals surface area contributed by atoms with Crippen LogP contribution < -0.4 is 5.32 Å². The number of ether oxygens (including phenoxy) is 1. The van der Waals surface area contributed by atoms with E-state index in [0.717, 1.165) is 13.2 Å². The number of aromatic nitrogens is 2. The summed E-state index contributed by atoms with van der Waals surface area (Å²) in [6.07, 6.45) is 3.79. The number of nitrogens with one attached hydrogen (secondary N) is 1. The van der Waals surface area contributed by atoms with Crippen LogP contribution >= 0.6 is 0 Å². The third kappa shape index (κ3) is 2.83. The van der Waals surface area contributed by atoms with Crippen LogP contribution in [0.15, 0.2) is 12.5 Å². The van der Waals surface area contributed by atoms with Gasteiger partial charge in [-0.1, -0.05) is 0 Å². The van der Waals surface area contributed by atoms with Gasteiger partial charge in [-0.25, -0.2) is 4.98 Å². The van der Waals surface area contributed by atoms with Gasteiger partial charge in [0.25, 0.3) is 0 Å². The van der Waals surface area contributed by atoms with Gasteiger partial charge >= 0.3 is 0 Å². The molecule has 0 saturated heterocycles. The van der Waals surface area contributed by atoms with E-state index in [9.17, 15) is 0 Å². The van der Waals surface area contributed by atoms with E-state index >= 15 is 0 Å². The van der Waals surface area contributed by atoms with Crippen LogP contribution in [0.2, 0.25) is 0 Å². The maximum atomic E-state index is 5.45. The molecular formula is C12H23N3O. The Bertz CT molecular complexity index is 320. The lowest BCUT2D eigenvalue weighted by Crippen LogP contribution is -2.36. The quantitative estimate of drug-likeness (QED) is 0.804. The summed E-state index contributed by atoms with van der Waals surface area (Å²) in [7, 11) is 1.96. The standard InChI is InChI=1S/C12H23N3O/c1-6-16-8-10(2)15-9-14-7-11(15)12(3,4)13-5/h7,9-10,13H,6,8H2,1-5H3. The molecule has 0 amide bonds. The predicted molar refractivity (Wildman–Crippen MR) is 65.5 cm³/mol. The Morgan fingerprint density at radius 2 is 2.25 bits per heavy atom.